The first-order chi connectivity index (χ1) is 8.97. The third-order valence-electron chi connectivity index (χ3n) is 2.70. The van der Waals surface area contributed by atoms with Gasteiger partial charge in [-0.05, 0) is 33.1 Å². The molecule has 1 amide bonds. The predicted octanol–water partition coefficient (Wildman–Crippen LogP) is 0.530. The number of halogens is 1. The van der Waals surface area contributed by atoms with Gasteiger partial charge in [0.1, 0.15) is 0 Å². The van der Waals surface area contributed by atoms with Crippen molar-refractivity contribution in [2.45, 2.75) is 6.42 Å². The fraction of sp³-hybridized carbons (Fsp3) is 0.500. The van der Waals surface area contributed by atoms with E-state index in [1.54, 1.807) is 7.05 Å². The molecule has 0 fully saturated rings. The van der Waals surface area contributed by atoms with E-state index >= 15 is 0 Å². The first-order valence-corrected chi connectivity index (χ1v) is 5.98. The van der Waals surface area contributed by atoms with Crippen molar-refractivity contribution in [1.82, 2.24) is 14.8 Å². The number of amides is 1. The lowest BCUT2D eigenvalue weighted by Gasteiger charge is -2.19. The van der Waals surface area contributed by atoms with Crippen molar-refractivity contribution in [2.75, 3.05) is 39.7 Å². The van der Waals surface area contributed by atoms with Crippen LogP contribution in [0.25, 0.3) is 0 Å². The van der Waals surface area contributed by atoms with Gasteiger partial charge in [0.15, 0.2) is 11.6 Å². The second kappa shape index (κ2) is 7.01. The lowest BCUT2D eigenvalue weighted by molar-refractivity contribution is 0.0786. The third-order valence-corrected chi connectivity index (χ3v) is 2.70. The maximum absolute atomic E-state index is 13.9. The van der Waals surface area contributed by atoms with E-state index in [9.17, 15) is 9.18 Å². The standard InChI is InChI=1S/C12H20FN5O/c1-17(2)7-4-8-18(3)12(19)9-5-6-15-11(16-14)10(9)13/h5-6H,4,7-8,14H2,1-3H3,(H,15,16). The molecule has 0 saturated heterocycles. The Labute approximate surface area is 112 Å². The molecule has 0 radical (unpaired) electrons. The van der Waals surface area contributed by atoms with Crippen LogP contribution in [0.2, 0.25) is 0 Å². The zero-order valence-electron chi connectivity index (χ0n) is 11.5. The summed E-state index contributed by atoms with van der Waals surface area (Å²) in [5.41, 5.74) is 2.09. The monoisotopic (exact) mass is 269 g/mol. The van der Waals surface area contributed by atoms with Crippen LogP contribution in [-0.4, -0.2) is 54.9 Å². The lowest BCUT2D eigenvalue weighted by Crippen LogP contribution is -2.30. The average Bonchev–Trinajstić information content (AvgIpc) is 2.37. The molecule has 1 rings (SSSR count). The van der Waals surface area contributed by atoms with Gasteiger partial charge in [-0.25, -0.2) is 15.2 Å². The maximum atomic E-state index is 13.9. The Kier molecular flexibility index (Phi) is 5.65. The van der Waals surface area contributed by atoms with E-state index in [-0.39, 0.29) is 17.3 Å². The summed E-state index contributed by atoms with van der Waals surface area (Å²) < 4.78 is 13.9. The Hall–Kier alpha value is -1.73. The van der Waals surface area contributed by atoms with E-state index < -0.39 is 5.82 Å². The van der Waals surface area contributed by atoms with Crippen LogP contribution in [0.5, 0.6) is 0 Å². The van der Waals surface area contributed by atoms with Gasteiger partial charge in [-0.15, -0.1) is 0 Å². The van der Waals surface area contributed by atoms with Crippen LogP contribution in [0.3, 0.4) is 0 Å². The number of pyridine rings is 1. The molecule has 0 aromatic carbocycles. The highest BCUT2D eigenvalue weighted by Crippen LogP contribution is 2.15. The van der Waals surface area contributed by atoms with Gasteiger partial charge in [-0.2, -0.15) is 0 Å². The summed E-state index contributed by atoms with van der Waals surface area (Å²) in [6, 6.07) is 1.35. The molecule has 0 saturated carbocycles. The number of aromatic nitrogens is 1. The molecule has 0 atom stereocenters. The number of nitrogens with one attached hydrogen (secondary N) is 1. The Bertz CT molecular complexity index is 438. The molecule has 1 aromatic heterocycles. The quantitative estimate of drug-likeness (QED) is 0.582. The van der Waals surface area contributed by atoms with Crippen molar-refractivity contribution in [3.05, 3.63) is 23.6 Å². The van der Waals surface area contributed by atoms with Crippen molar-refractivity contribution in [3.63, 3.8) is 0 Å². The number of hydrazine groups is 1. The predicted molar refractivity (Wildman–Crippen MR) is 72.1 cm³/mol. The van der Waals surface area contributed by atoms with E-state index in [0.717, 1.165) is 13.0 Å². The molecule has 7 heteroatoms. The highest BCUT2D eigenvalue weighted by atomic mass is 19.1. The van der Waals surface area contributed by atoms with Gasteiger partial charge < -0.3 is 15.2 Å². The molecule has 0 bridgehead atoms. The van der Waals surface area contributed by atoms with Crippen molar-refractivity contribution in [2.24, 2.45) is 5.84 Å². The van der Waals surface area contributed by atoms with Crippen LogP contribution < -0.4 is 11.3 Å². The molecule has 3 N–H and O–H groups in total. The van der Waals surface area contributed by atoms with E-state index in [1.807, 2.05) is 19.0 Å². The summed E-state index contributed by atoms with van der Waals surface area (Å²) in [6.07, 6.45) is 2.17. The van der Waals surface area contributed by atoms with Crippen molar-refractivity contribution in [3.8, 4) is 0 Å². The maximum Gasteiger partial charge on any atom is 0.256 e. The molecule has 1 aromatic rings. The van der Waals surface area contributed by atoms with Crippen LogP contribution in [0.15, 0.2) is 12.3 Å². The third kappa shape index (κ3) is 4.15. The van der Waals surface area contributed by atoms with Gasteiger partial charge in [-0.1, -0.05) is 0 Å². The molecule has 0 spiro atoms. The number of anilines is 1. The zero-order valence-corrected chi connectivity index (χ0v) is 11.5. The highest BCUT2D eigenvalue weighted by Gasteiger charge is 2.18. The second-order valence-corrected chi connectivity index (χ2v) is 4.55. The van der Waals surface area contributed by atoms with Gasteiger partial charge in [0.25, 0.3) is 5.91 Å². The highest BCUT2D eigenvalue weighted by molar-refractivity contribution is 5.95. The van der Waals surface area contributed by atoms with Crippen LogP contribution in [0, 0.1) is 5.82 Å². The zero-order chi connectivity index (χ0) is 14.4. The van der Waals surface area contributed by atoms with Crippen molar-refractivity contribution < 1.29 is 9.18 Å². The van der Waals surface area contributed by atoms with Crippen LogP contribution in [-0.2, 0) is 0 Å². The normalized spacial score (nSPS) is 10.6. The molecular formula is C12H20FN5O. The van der Waals surface area contributed by atoms with E-state index in [2.05, 4.69) is 10.4 Å². The number of nitrogens with zero attached hydrogens (tertiary/aromatic N) is 3. The Balaban J connectivity index is 2.71. The SMILES string of the molecule is CN(C)CCCN(C)C(=O)c1ccnc(NN)c1F. The summed E-state index contributed by atoms with van der Waals surface area (Å²) in [4.78, 5) is 19.3. The summed E-state index contributed by atoms with van der Waals surface area (Å²) >= 11 is 0. The van der Waals surface area contributed by atoms with Gasteiger partial charge >= 0.3 is 0 Å². The topological polar surface area (TPSA) is 74.5 Å². The first kappa shape index (κ1) is 15.3. The smallest absolute Gasteiger partial charge is 0.256 e. The molecule has 19 heavy (non-hydrogen) atoms. The second-order valence-electron chi connectivity index (χ2n) is 4.55. The van der Waals surface area contributed by atoms with E-state index in [0.29, 0.717) is 6.54 Å². The summed E-state index contributed by atoms with van der Waals surface area (Å²) in [6.45, 7) is 1.43. The fourth-order valence-electron chi connectivity index (χ4n) is 1.64. The van der Waals surface area contributed by atoms with Crippen molar-refractivity contribution >= 4 is 11.7 Å². The Morgan fingerprint density at radius 2 is 2.11 bits per heavy atom. The Morgan fingerprint density at radius 1 is 1.42 bits per heavy atom. The molecule has 1 heterocycles. The van der Waals surface area contributed by atoms with Gasteiger partial charge in [0, 0.05) is 19.8 Å². The lowest BCUT2D eigenvalue weighted by atomic mass is 10.2. The van der Waals surface area contributed by atoms with Crippen LogP contribution >= 0.6 is 0 Å². The fourth-order valence-corrected chi connectivity index (χ4v) is 1.64. The van der Waals surface area contributed by atoms with Crippen LogP contribution in [0.1, 0.15) is 16.8 Å². The van der Waals surface area contributed by atoms with Gasteiger partial charge in [-0.3, -0.25) is 4.79 Å². The number of rotatable bonds is 6. The minimum atomic E-state index is -0.727. The molecule has 0 unspecified atom stereocenters. The number of nitrogens with two attached hydrogens (primary N) is 1. The largest absolute Gasteiger partial charge is 0.342 e. The molecule has 0 aliphatic heterocycles. The van der Waals surface area contributed by atoms with Crippen LogP contribution in [0.4, 0.5) is 10.2 Å². The molecular weight excluding hydrogens is 249 g/mol. The number of carbonyl (C=O) groups is 1. The Morgan fingerprint density at radius 3 is 2.68 bits per heavy atom. The minimum Gasteiger partial charge on any atom is -0.342 e. The first-order valence-electron chi connectivity index (χ1n) is 5.98. The van der Waals surface area contributed by atoms with Gasteiger partial charge in [0.05, 0.1) is 5.56 Å². The molecule has 0 aliphatic rings. The summed E-state index contributed by atoms with van der Waals surface area (Å²) in [5.74, 6) is 3.89. The molecule has 6 nitrogen and oxygen atoms in total. The number of carbonyl (C=O) groups excluding carboxylic acids is 1. The molecule has 0 aliphatic carbocycles. The van der Waals surface area contributed by atoms with E-state index in [1.165, 1.54) is 17.2 Å². The van der Waals surface area contributed by atoms with Gasteiger partial charge in [0.2, 0.25) is 0 Å². The summed E-state index contributed by atoms with van der Waals surface area (Å²) in [5, 5.41) is 0. The minimum absolute atomic E-state index is 0.0321. The van der Waals surface area contributed by atoms with Crippen molar-refractivity contribution in [1.29, 1.82) is 0 Å². The van der Waals surface area contributed by atoms with E-state index in [4.69, 9.17) is 5.84 Å². The summed E-state index contributed by atoms with van der Waals surface area (Å²) in [7, 11) is 5.57. The average molecular weight is 269 g/mol. The number of hydrogen-bond donors (Lipinski definition) is 2. The number of nitrogen functional groups attached to an aromatic ring is 1. The molecule has 106 valence electrons. The number of hydrogen-bond acceptors (Lipinski definition) is 5.